The van der Waals surface area contributed by atoms with Gasteiger partial charge in [0, 0.05) is 17.5 Å². The van der Waals surface area contributed by atoms with Crippen molar-refractivity contribution in [3.05, 3.63) is 29.4 Å². The summed E-state index contributed by atoms with van der Waals surface area (Å²) in [5.74, 6) is 1.11. The summed E-state index contributed by atoms with van der Waals surface area (Å²) in [4.78, 5) is 4.19. The number of ether oxygens (including phenoxy) is 1. The minimum Gasteiger partial charge on any atom is -0.481 e. The fraction of sp³-hybridized carbons (Fsp3) is 0.533. The molecule has 0 radical (unpaired) electrons. The number of hydrogen-bond donors (Lipinski definition) is 1. The Morgan fingerprint density at radius 1 is 1.33 bits per heavy atom. The van der Waals surface area contributed by atoms with Crippen LogP contribution in [0.25, 0.3) is 6.08 Å². The number of pyridine rings is 1. The van der Waals surface area contributed by atoms with Crippen molar-refractivity contribution in [2.45, 2.75) is 38.9 Å². The molecule has 0 atom stereocenters. The first-order valence-electron chi connectivity index (χ1n) is 6.96. The molecule has 1 aromatic rings. The molecule has 0 amide bonds. The summed E-state index contributed by atoms with van der Waals surface area (Å²) in [6.07, 6.45) is 3.67. The van der Waals surface area contributed by atoms with Crippen molar-refractivity contribution in [2.24, 2.45) is 0 Å². The zero-order chi connectivity index (χ0) is 15.7. The topological polar surface area (TPSA) is 40.6 Å². The van der Waals surface area contributed by atoms with E-state index in [0.717, 1.165) is 11.0 Å². The predicted molar refractivity (Wildman–Crippen MR) is 88.7 cm³/mol. The highest BCUT2D eigenvalue weighted by Crippen LogP contribution is 2.39. The van der Waals surface area contributed by atoms with Gasteiger partial charge in [0.1, 0.15) is 0 Å². The Hall–Kier alpha value is -0.975. The van der Waals surface area contributed by atoms with Gasteiger partial charge in [-0.3, -0.25) is 0 Å². The molecule has 0 saturated carbocycles. The van der Waals surface area contributed by atoms with E-state index in [4.69, 9.17) is 14.0 Å². The minimum atomic E-state index is -0.405. The van der Waals surface area contributed by atoms with E-state index in [-0.39, 0.29) is 11.2 Å². The van der Waals surface area contributed by atoms with Crippen LogP contribution in [0.5, 0.6) is 5.88 Å². The SMILES string of the molecule is COc1ncccc1C=C(CS)B1OC(C)(C)C(C)(C)O1. The Morgan fingerprint density at radius 3 is 2.48 bits per heavy atom. The minimum absolute atomic E-state index is 0.362. The van der Waals surface area contributed by atoms with Crippen molar-refractivity contribution < 1.29 is 14.0 Å². The second-order valence-corrected chi connectivity index (χ2v) is 6.38. The number of nitrogens with zero attached hydrogens (tertiary/aromatic N) is 1. The van der Waals surface area contributed by atoms with Gasteiger partial charge < -0.3 is 14.0 Å². The first-order chi connectivity index (χ1) is 9.80. The van der Waals surface area contributed by atoms with Crippen LogP contribution in [0.15, 0.2) is 23.8 Å². The molecule has 1 aliphatic rings. The maximum atomic E-state index is 6.06. The molecule has 2 heterocycles. The van der Waals surface area contributed by atoms with Gasteiger partial charge in [-0.05, 0) is 45.3 Å². The van der Waals surface area contributed by atoms with Gasteiger partial charge in [0.15, 0.2) is 0 Å². The molecule has 0 aliphatic carbocycles. The molecular weight excluding hydrogens is 285 g/mol. The lowest BCUT2D eigenvalue weighted by Crippen LogP contribution is -2.41. The van der Waals surface area contributed by atoms with Gasteiger partial charge in [0.05, 0.1) is 18.3 Å². The highest BCUT2D eigenvalue weighted by Gasteiger charge is 2.52. The lowest BCUT2D eigenvalue weighted by atomic mass is 9.78. The molecule has 1 saturated heterocycles. The average molecular weight is 307 g/mol. The summed E-state index contributed by atoms with van der Waals surface area (Å²) in [6, 6.07) is 3.81. The molecule has 0 aromatic carbocycles. The quantitative estimate of drug-likeness (QED) is 0.686. The molecule has 4 nitrogen and oxygen atoms in total. The van der Waals surface area contributed by atoms with Crippen LogP contribution in [0.4, 0.5) is 0 Å². The molecule has 0 N–H and O–H groups in total. The van der Waals surface area contributed by atoms with Gasteiger partial charge in [0.2, 0.25) is 5.88 Å². The number of methoxy groups -OCH3 is 1. The van der Waals surface area contributed by atoms with Crippen LogP contribution in [-0.2, 0) is 9.31 Å². The molecule has 0 unspecified atom stereocenters. The molecule has 21 heavy (non-hydrogen) atoms. The van der Waals surface area contributed by atoms with Gasteiger partial charge in [-0.25, -0.2) is 4.98 Å². The molecule has 1 fully saturated rings. The largest absolute Gasteiger partial charge is 0.491 e. The number of thiol groups is 1. The van der Waals surface area contributed by atoms with Crippen molar-refractivity contribution in [3.63, 3.8) is 0 Å². The molecule has 0 bridgehead atoms. The number of aromatic nitrogens is 1. The molecule has 6 heteroatoms. The van der Waals surface area contributed by atoms with E-state index in [1.807, 2.05) is 45.9 Å². The van der Waals surface area contributed by atoms with Crippen LogP contribution in [0, 0.1) is 0 Å². The maximum Gasteiger partial charge on any atom is 0.491 e. The second kappa shape index (κ2) is 6.03. The molecule has 1 aliphatic heterocycles. The maximum absolute atomic E-state index is 6.06. The zero-order valence-electron chi connectivity index (χ0n) is 13.2. The van der Waals surface area contributed by atoms with E-state index in [9.17, 15) is 0 Å². The summed E-state index contributed by atoms with van der Waals surface area (Å²) in [7, 11) is 1.20. The monoisotopic (exact) mass is 307 g/mol. The van der Waals surface area contributed by atoms with E-state index >= 15 is 0 Å². The number of hydrogen-bond acceptors (Lipinski definition) is 5. The van der Waals surface area contributed by atoms with Gasteiger partial charge in [0.25, 0.3) is 0 Å². The third-order valence-corrected chi connectivity index (χ3v) is 4.44. The van der Waals surface area contributed by atoms with E-state index in [1.165, 1.54) is 0 Å². The zero-order valence-corrected chi connectivity index (χ0v) is 14.1. The first kappa shape index (κ1) is 16.4. The lowest BCUT2D eigenvalue weighted by Gasteiger charge is -2.32. The Kier molecular flexibility index (Phi) is 4.71. The van der Waals surface area contributed by atoms with Gasteiger partial charge >= 0.3 is 7.12 Å². The summed E-state index contributed by atoms with van der Waals surface area (Å²) in [5, 5.41) is 0. The molecule has 1 aromatic heterocycles. The first-order valence-corrected chi connectivity index (χ1v) is 7.60. The normalized spacial score (nSPS) is 20.7. The molecule has 2 rings (SSSR count). The third kappa shape index (κ3) is 3.28. The fourth-order valence-corrected chi connectivity index (χ4v) is 2.31. The van der Waals surface area contributed by atoms with Crippen LogP contribution in [-0.4, -0.2) is 36.2 Å². The average Bonchev–Trinajstić information content (AvgIpc) is 2.65. The van der Waals surface area contributed by atoms with Gasteiger partial charge in [-0.2, -0.15) is 12.6 Å². The Bertz CT molecular complexity index is 529. The smallest absolute Gasteiger partial charge is 0.481 e. The highest BCUT2D eigenvalue weighted by atomic mass is 32.1. The molecule has 0 spiro atoms. The highest BCUT2D eigenvalue weighted by molar-refractivity contribution is 7.80. The van der Waals surface area contributed by atoms with E-state index in [1.54, 1.807) is 13.3 Å². The predicted octanol–water partition coefficient (Wildman–Crippen LogP) is 3.03. The van der Waals surface area contributed by atoms with E-state index in [2.05, 4.69) is 17.6 Å². The van der Waals surface area contributed by atoms with Crippen molar-refractivity contribution >= 4 is 25.8 Å². The molecule has 114 valence electrons. The lowest BCUT2D eigenvalue weighted by molar-refractivity contribution is 0.00578. The molecular formula is C15H22BNO3S. The summed E-state index contributed by atoms with van der Waals surface area (Å²) < 4.78 is 17.4. The standard InChI is InChI=1S/C15H22BNO3S/c1-14(2)15(3,4)20-16(19-14)12(10-21)9-11-7-6-8-17-13(11)18-5/h6-9,21H,10H2,1-5H3. The van der Waals surface area contributed by atoms with Crippen LogP contribution in [0.1, 0.15) is 33.3 Å². The van der Waals surface area contributed by atoms with Crippen molar-refractivity contribution in [1.29, 1.82) is 0 Å². The summed E-state index contributed by atoms with van der Waals surface area (Å²) in [5.41, 5.74) is 1.11. The van der Waals surface area contributed by atoms with Gasteiger partial charge in [-0.1, -0.05) is 6.08 Å². The number of rotatable bonds is 4. The third-order valence-electron chi connectivity index (χ3n) is 4.07. The van der Waals surface area contributed by atoms with E-state index < -0.39 is 7.12 Å². The van der Waals surface area contributed by atoms with E-state index in [0.29, 0.717) is 11.6 Å². The second-order valence-electron chi connectivity index (χ2n) is 6.07. The Morgan fingerprint density at radius 2 is 1.95 bits per heavy atom. The van der Waals surface area contributed by atoms with Crippen molar-refractivity contribution in [3.8, 4) is 5.88 Å². The van der Waals surface area contributed by atoms with Crippen molar-refractivity contribution in [1.82, 2.24) is 4.98 Å². The fourth-order valence-electron chi connectivity index (χ4n) is 2.07. The van der Waals surface area contributed by atoms with Crippen LogP contribution in [0.2, 0.25) is 0 Å². The summed E-state index contributed by atoms with van der Waals surface area (Å²) in [6.45, 7) is 8.14. The van der Waals surface area contributed by atoms with Crippen LogP contribution in [0.3, 0.4) is 0 Å². The van der Waals surface area contributed by atoms with Crippen LogP contribution >= 0.6 is 12.6 Å². The van der Waals surface area contributed by atoms with Crippen molar-refractivity contribution in [2.75, 3.05) is 12.9 Å². The Labute approximate surface area is 132 Å². The summed E-state index contributed by atoms with van der Waals surface area (Å²) >= 11 is 4.41. The van der Waals surface area contributed by atoms with Crippen LogP contribution < -0.4 is 4.74 Å². The van der Waals surface area contributed by atoms with Gasteiger partial charge in [-0.15, -0.1) is 0 Å². The Balaban J connectivity index is 2.31.